The maximum absolute atomic E-state index is 9.11. The molecule has 0 amide bonds. The second kappa shape index (κ2) is 4.10. The Labute approximate surface area is 92.9 Å². The molecule has 1 aromatic carbocycles. The first-order chi connectivity index (χ1) is 6.14. The van der Waals surface area contributed by atoms with Gasteiger partial charge in [-0.2, -0.15) is 5.26 Å². The maximum Gasteiger partial charge on any atom is 0.0801 e. The number of nitrogens with zero attached hydrogens (tertiary/aromatic N) is 1. The molecule has 0 heterocycles. The molecular formula is C11H12IN. The number of benzene rings is 1. The molecule has 0 aliphatic heterocycles. The van der Waals surface area contributed by atoms with Crippen molar-refractivity contribution in [3.8, 4) is 6.07 Å². The van der Waals surface area contributed by atoms with E-state index in [1.807, 2.05) is 38.1 Å². The summed E-state index contributed by atoms with van der Waals surface area (Å²) in [7, 11) is 0. The van der Waals surface area contributed by atoms with Crippen LogP contribution < -0.4 is 0 Å². The Morgan fingerprint density at radius 1 is 1.46 bits per heavy atom. The lowest BCUT2D eigenvalue weighted by atomic mass is 9.82. The fraction of sp³-hybridized carbons (Fsp3) is 0.364. The van der Waals surface area contributed by atoms with Crippen LogP contribution in [0.1, 0.15) is 25.8 Å². The van der Waals surface area contributed by atoms with Crippen molar-refractivity contribution < 1.29 is 0 Å². The Morgan fingerprint density at radius 2 is 2.08 bits per heavy atom. The molecule has 0 fully saturated rings. The number of rotatable bonds is 2. The average Bonchev–Trinajstić information content (AvgIpc) is 2.17. The molecule has 1 atom stereocenters. The summed E-state index contributed by atoms with van der Waals surface area (Å²) in [6.45, 7) is 4.04. The van der Waals surface area contributed by atoms with Gasteiger partial charge in [-0.15, -0.1) is 0 Å². The van der Waals surface area contributed by atoms with Crippen LogP contribution in [-0.2, 0) is 5.41 Å². The Balaban J connectivity index is 3.22. The van der Waals surface area contributed by atoms with E-state index in [0.29, 0.717) is 0 Å². The number of nitriles is 1. The molecule has 1 nitrogen and oxygen atoms in total. The van der Waals surface area contributed by atoms with Crippen molar-refractivity contribution in [1.82, 2.24) is 0 Å². The molecule has 0 bridgehead atoms. The molecule has 13 heavy (non-hydrogen) atoms. The van der Waals surface area contributed by atoms with Crippen LogP contribution in [0, 0.1) is 14.9 Å². The average molecular weight is 285 g/mol. The van der Waals surface area contributed by atoms with Crippen molar-refractivity contribution in [2.45, 2.75) is 25.7 Å². The monoisotopic (exact) mass is 285 g/mol. The predicted octanol–water partition coefficient (Wildman–Crippen LogP) is 3.48. The molecule has 2 heteroatoms. The Bertz CT molecular complexity index is 340. The number of hydrogen-bond donors (Lipinski definition) is 0. The summed E-state index contributed by atoms with van der Waals surface area (Å²) in [6.07, 6.45) is 0.851. The standard InChI is InChI=1S/C11H12IN/c1-3-11(2,8-13)9-6-4-5-7-10(9)12/h4-7H,3H2,1-2H3. The summed E-state index contributed by atoms with van der Waals surface area (Å²) in [6, 6.07) is 10.4. The third kappa shape index (κ3) is 2.02. The fourth-order valence-corrected chi connectivity index (χ4v) is 2.22. The maximum atomic E-state index is 9.11. The van der Waals surface area contributed by atoms with E-state index >= 15 is 0 Å². The van der Waals surface area contributed by atoms with Crippen LogP contribution in [0.2, 0.25) is 0 Å². The van der Waals surface area contributed by atoms with Gasteiger partial charge in [0.2, 0.25) is 0 Å². The summed E-state index contributed by atoms with van der Waals surface area (Å²) in [5.41, 5.74) is 0.804. The summed E-state index contributed by atoms with van der Waals surface area (Å²) < 4.78 is 1.17. The lowest BCUT2D eigenvalue weighted by molar-refractivity contribution is 0.584. The largest absolute Gasteiger partial charge is 0.197 e. The van der Waals surface area contributed by atoms with Crippen LogP contribution in [0.25, 0.3) is 0 Å². The van der Waals surface area contributed by atoms with Crippen LogP contribution in [0.5, 0.6) is 0 Å². The van der Waals surface area contributed by atoms with Crippen LogP contribution in [0.3, 0.4) is 0 Å². The highest BCUT2D eigenvalue weighted by Gasteiger charge is 2.25. The van der Waals surface area contributed by atoms with Gasteiger partial charge in [0.05, 0.1) is 11.5 Å². The van der Waals surface area contributed by atoms with E-state index in [1.54, 1.807) is 0 Å². The second-order valence-electron chi connectivity index (χ2n) is 3.28. The molecule has 1 unspecified atom stereocenters. The van der Waals surface area contributed by atoms with Crippen LogP contribution in [-0.4, -0.2) is 0 Å². The third-order valence-electron chi connectivity index (χ3n) is 2.42. The van der Waals surface area contributed by atoms with E-state index in [0.717, 1.165) is 12.0 Å². The molecule has 0 saturated heterocycles. The highest BCUT2D eigenvalue weighted by Crippen LogP contribution is 2.29. The molecular weight excluding hydrogens is 273 g/mol. The van der Waals surface area contributed by atoms with Crippen molar-refractivity contribution in [2.75, 3.05) is 0 Å². The minimum Gasteiger partial charge on any atom is -0.197 e. The molecule has 0 saturated carbocycles. The van der Waals surface area contributed by atoms with Gasteiger partial charge in [-0.1, -0.05) is 25.1 Å². The summed E-state index contributed by atoms with van der Waals surface area (Å²) in [5.74, 6) is 0. The fourth-order valence-electron chi connectivity index (χ4n) is 1.24. The van der Waals surface area contributed by atoms with E-state index in [9.17, 15) is 0 Å². The predicted molar refractivity (Wildman–Crippen MR) is 62.4 cm³/mol. The van der Waals surface area contributed by atoms with Crippen molar-refractivity contribution in [3.05, 3.63) is 33.4 Å². The molecule has 68 valence electrons. The van der Waals surface area contributed by atoms with Gasteiger partial charge in [-0.25, -0.2) is 0 Å². The van der Waals surface area contributed by atoms with Crippen LogP contribution >= 0.6 is 22.6 Å². The van der Waals surface area contributed by atoms with Gasteiger partial charge >= 0.3 is 0 Å². The van der Waals surface area contributed by atoms with Crippen LogP contribution in [0.15, 0.2) is 24.3 Å². The van der Waals surface area contributed by atoms with E-state index in [4.69, 9.17) is 5.26 Å². The van der Waals surface area contributed by atoms with E-state index in [-0.39, 0.29) is 5.41 Å². The van der Waals surface area contributed by atoms with E-state index < -0.39 is 0 Å². The normalized spacial score (nSPS) is 14.6. The minimum absolute atomic E-state index is 0.336. The lowest BCUT2D eigenvalue weighted by Gasteiger charge is -2.21. The summed E-state index contributed by atoms with van der Waals surface area (Å²) in [4.78, 5) is 0. The lowest BCUT2D eigenvalue weighted by Crippen LogP contribution is -2.19. The zero-order valence-electron chi connectivity index (χ0n) is 7.84. The van der Waals surface area contributed by atoms with Crippen LogP contribution in [0.4, 0.5) is 0 Å². The topological polar surface area (TPSA) is 23.8 Å². The zero-order valence-corrected chi connectivity index (χ0v) is 10.00. The Morgan fingerprint density at radius 3 is 2.54 bits per heavy atom. The van der Waals surface area contributed by atoms with Gasteiger partial charge in [-0.05, 0) is 47.6 Å². The van der Waals surface area contributed by atoms with E-state index in [1.165, 1.54) is 3.57 Å². The second-order valence-corrected chi connectivity index (χ2v) is 4.44. The van der Waals surface area contributed by atoms with Gasteiger partial charge < -0.3 is 0 Å². The molecule has 0 spiro atoms. The zero-order chi connectivity index (χ0) is 9.90. The molecule has 0 aliphatic rings. The molecule has 0 radical (unpaired) electrons. The molecule has 0 N–H and O–H groups in total. The van der Waals surface area contributed by atoms with Crippen molar-refractivity contribution >= 4 is 22.6 Å². The van der Waals surface area contributed by atoms with Gasteiger partial charge in [0.25, 0.3) is 0 Å². The van der Waals surface area contributed by atoms with Crippen molar-refractivity contribution in [3.63, 3.8) is 0 Å². The van der Waals surface area contributed by atoms with Gasteiger partial charge in [0, 0.05) is 3.57 Å². The Kier molecular flexibility index (Phi) is 3.32. The van der Waals surface area contributed by atoms with Gasteiger partial charge in [-0.3, -0.25) is 0 Å². The SMILES string of the molecule is CCC(C)(C#N)c1ccccc1I. The van der Waals surface area contributed by atoms with Crippen molar-refractivity contribution in [2.24, 2.45) is 0 Å². The quantitative estimate of drug-likeness (QED) is 0.763. The minimum atomic E-state index is -0.336. The van der Waals surface area contributed by atoms with Gasteiger partial charge in [0.1, 0.15) is 0 Å². The summed E-state index contributed by atoms with van der Waals surface area (Å²) in [5, 5.41) is 9.11. The number of halogens is 1. The van der Waals surface area contributed by atoms with Crippen molar-refractivity contribution in [1.29, 1.82) is 5.26 Å². The number of hydrogen-bond acceptors (Lipinski definition) is 1. The first-order valence-corrected chi connectivity index (χ1v) is 5.38. The van der Waals surface area contributed by atoms with E-state index in [2.05, 4.69) is 28.7 Å². The highest BCUT2D eigenvalue weighted by molar-refractivity contribution is 14.1. The molecule has 0 aliphatic carbocycles. The molecule has 0 aromatic heterocycles. The molecule has 1 rings (SSSR count). The van der Waals surface area contributed by atoms with Gasteiger partial charge in [0.15, 0.2) is 0 Å². The smallest absolute Gasteiger partial charge is 0.0801 e. The molecule has 1 aromatic rings. The summed E-state index contributed by atoms with van der Waals surface area (Å²) >= 11 is 2.28. The Hall–Kier alpha value is -0.560. The first kappa shape index (κ1) is 10.5. The highest BCUT2D eigenvalue weighted by atomic mass is 127. The third-order valence-corrected chi connectivity index (χ3v) is 3.36. The first-order valence-electron chi connectivity index (χ1n) is 4.30.